The van der Waals surface area contributed by atoms with Crippen molar-refractivity contribution in [3.05, 3.63) is 12.0 Å². The van der Waals surface area contributed by atoms with Gasteiger partial charge in [0.05, 0.1) is 11.3 Å². The fourth-order valence-electron chi connectivity index (χ4n) is 2.34. The standard InChI is InChI=1S/C17H31N3O4/c1-16(2,20(5)11-12-6-8-24-9-7-12)15(22)19-14(21)10-13(18)17(3,4)23/h10,12,18,21,23H,6-9,11H2,1-5H3,(H,19,22)/b14-10-,18-13?. The summed E-state index contributed by atoms with van der Waals surface area (Å²) < 4.78 is 5.35. The maximum atomic E-state index is 12.5. The first kappa shape index (κ1) is 20.6. The van der Waals surface area contributed by atoms with Gasteiger partial charge in [0.1, 0.15) is 5.60 Å². The number of hydrogen-bond acceptors (Lipinski definition) is 6. The third-order valence-corrected chi connectivity index (χ3v) is 4.56. The highest BCUT2D eigenvalue weighted by Crippen LogP contribution is 2.21. The molecule has 0 saturated carbocycles. The molecule has 0 spiro atoms. The largest absolute Gasteiger partial charge is 0.494 e. The smallest absolute Gasteiger partial charge is 0.246 e. The summed E-state index contributed by atoms with van der Waals surface area (Å²) >= 11 is 0. The van der Waals surface area contributed by atoms with Crippen molar-refractivity contribution in [3.63, 3.8) is 0 Å². The van der Waals surface area contributed by atoms with Crippen molar-refractivity contribution < 1.29 is 19.7 Å². The Hall–Kier alpha value is -1.44. The summed E-state index contributed by atoms with van der Waals surface area (Å²) in [5.41, 5.74) is -2.39. The SMILES string of the molecule is CN(CC1CCOCC1)C(C)(C)C(=O)N/C(O)=C/C(=N)C(C)(C)O. The quantitative estimate of drug-likeness (QED) is 0.414. The van der Waals surface area contributed by atoms with E-state index in [-0.39, 0.29) is 11.6 Å². The van der Waals surface area contributed by atoms with Gasteiger partial charge in [0.15, 0.2) is 5.88 Å². The van der Waals surface area contributed by atoms with Crippen LogP contribution in [0.1, 0.15) is 40.5 Å². The van der Waals surface area contributed by atoms with E-state index in [2.05, 4.69) is 5.32 Å². The molecule has 0 bridgehead atoms. The van der Waals surface area contributed by atoms with Crippen molar-refractivity contribution in [2.75, 3.05) is 26.8 Å². The van der Waals surface area contributed by atoms with E-state index >= 15 is 0 Å². The zero-order valence-electron chi connectivity index (χ0n) is 15.3. The van der Waals surface area contributed by atoms with E-state index in [0.717, 1.165) is 38.7 Å². The van der Waals surface area contributed by atoms with Gasteiger partial charge in [0.25, 0.3) is 0 Å². The highest BCUT2D eigenvalue weighted by molar-refractivity contribution is 5.99. The van der Waals surface area contributed by atoms with Gasteiger partial charge in [0.2, 0.25) is 5.91 Å². The number of carbonyl (C=O) groups excluding carboxylic acids is 1. The highest BCUT2D eigenvalue weighted by atomic mass is 16.5. The molecular weight excluding hydrogens is 310 g/mol. The molecule has 1 saturated heterocycles. The minimum absolute atomic E-state index is 0.186. The highest BCUT2D eigenvalue weighted by Gasteiger charge is 2.34. The molecule has 1 amide bonds. The van der Waals surface area contributed by atoms with E-state index in [1.54, 1.807) is 13.8 Å². The lowest BCUT2D eigenvalue weighted by molar-refractivity contribution is -0.131. The number of likely N-dealkylation sites (N-methyl/N-ethyl adjacent to an activating group) is 1. The molecule has 138 valence electrons. The topological polar surface area (TPSA) is 106 Å². The van der Waals surface area contributed by atoms with Crippen LogP contribution in [0.5, 0.6) is 0 Å². The lowest BCUT2D eigenvalue weighted by Gasteiger charge is -2.37. The fourth-order valence-corrected chi connectivity index (χ4v) is 2.34. The number of rotatable bonds is 7. The van der Waals surface area contributed by atoms with Gasteiger partial charge in [-0.15, -0.1) is 0 Å². The second kappa shape index (κ2) is 8.09. The molecule has 24 heavy (non-hydrogen) atoms. The van der Waals surface area contributed by atoms with Crippen LogP contribution in [-0.2, 0) is 9.53 Å². The molecule has 0 aromatic heterocycles. The van der Waals surface area contributed by atoms with Gasteiger partial charge < -0.3 is 20.4 Å². The van der Waals surface area contributed by atoms with E-state index in [1.807, 2.05) is 11.9 Å². The number of nitrogens with zero attached hydrogens (tertiary/aromatic N) is 1. The van der Waals surface area contributed by atoms with Crippen LogP contribution in [0.15, 0.2) is 12.0 Å². The molecule has 0 aromatic carbocycles. The van der Waals surface area contributed by atoms with Crippen molar-refractivity contribution in [2.24, 2.45) is 5.92 Å². The van der Waals surface area contributed by atoms with Crippen LogP contribution in [-0.4, -0.2) is 64.7 Å². The summed E-state index contributed by atoms with van der Waals surface area (Å²) in [7, 11) is 1.88. The van der Waals surface area contributed by atoms with Crippen molar-refractivity contribution >= 4 is 11.6 Å². The predicted octanol–water partition coefficient (Wildman–Crippen LogP) is 1.43. The Morgan fingerprint density at radius 2 is 1.88 bits per heavy atom. The van der Waals surface area contributed by atoms with Crippen molar-refractivity contribution in [2.45, 2.75) is 51.7 Å². The number of hydrogen-bond donors (Lipinski definition) is 4. The number of nitrogens with one attached hydrogen (secondary N) is 2. The van der Waals surface area contributed by atoms with Crippen molar-refractivity contribution in [3.8, 4) is 0 Å². The third-order valence-electron chi connectivity index (χ3n) is 4.56. The summed E-state index contributed by atoms with van der Waals surface area (Å²) in [4.78, 5) is 14.4. The summed E-state index contributed by atoms with van der Waals surface area (Å²) in [6.07, 6.45) is 3.01. The molecule has 1 heterocycles. The van der Waals surface area contributed by atoms with Crippen LogP contribution >= 0.6 is 0 Å². The minimum atomic E-state index is -1.38. The average molecular weight is 341 g/mol. The van der Waals surface area contributed by atoms with Gasteiger partial charge in [-0.2, -0.15) is 0 Å². The second-order valence-corrected chi connectivity index (χ2v) is 7.45. The van der Waals surface area contributed by atoms with Crippen molar-refractivity contribution in [1.29, 1.82) is 5.41 Å². The van der Waals surface area contributed by atoms with Gasteiger partial charge in [-0.05, 0) is 53.5 Å². The third kappa shape index (κ3) is 5.89. The zero-order chi connectivity index (χ0) is 18.5. The lowest BCUT2D eigenvalue weighted by Crippen LogP contribution is -2.54. The molecule has 7 heteroatoms. The van der Waals surface area contributed by atoms with E-state index in [0.29, 0.717) is 5.92 Å². The van der Waals surface area contributed by atoms with E-state index in [4.69, 9.17) is 10.1 Å². The molecule has 0 radical (unpaired) electrons. The maximum Gasteiger partial charge on any atom is 0.246 e. The van der Waals surface area contributed by atoms with Gasteiger partial charge in [-0.25, -0.2) is 0 Å². The van der Waals surface area contributed by atoms with Gasteiger partial charge in [-0.1, -0.05) is 0 Å². The number of aliphatic hydroxyl groups excluding tert-OH is 1. The predicted molar refractivity (Wildman–Crippen MR) is 93.1 cm³/mol. The molecule has 0 aromatic rings. The summed E-state index contributed by atoms with van der Waals surface area (Å²) in [5, 5.41) is 29.6. The van der Waals surface area contributed by atoms with Gasteiger partial charge in [0, 0.05) is 25.8 Å². The van der Waals surface area contributed by atoms with E-state index in [9.17, 15) is 15.0 Å². The monoisotopic (exact) mass is 341 g/mol. The molecule has 1 fully saturated rings. The van der Waals surface area contributed by atoms with Gasteiger partial charge in [-0.3, -0.25) is 15.0 Å². The van der Waals surface area contributed by atoms with Crippen LogP contribution in [0, 0.1) is 11.3 Å². The first-order chi connectivity index (χ1) is 10.9. The second-order valence-electron chi connectivity index (χ2n) is 7.45. The molecular formula is C17H31N3O4. The molecule has 0 atom stereocenters. The Kier molecular flexibility index (Phi) is 6.95. The van der Waals surface area contributed by atoms with Gasteiger partial charge >= 0.3 is 0 Å². The molecule has 4 N–H and O–H groups in total. The minimum Gasteiger partial charge on any atom is -0.494 e. The van der Waals surface area contributed by atoms with E-state index in [1.165, 1.54) is 13.8 Å². The van der Waals surface area contributed by atoms with E-state index < -0.39 is 17.0 Å². The first-order valence-electron chi connectivity index (χ1n) is 8.27. The number of carbonyl (C=O) groups is 1. The molecule has 1 aliphatic rings. The Bertz CT molecular complexity index is 489. The summed E-state index contributed by atoms with van der Waals surface area (Å²) in [5.74, 6) is -0.322. The molecule has 0 aliphatic carbocycles. The van der Waals surface area contributed by atoms with Crippen molar-refractivity contribution in [1.82, 2.24) is 10.2 Å². The first-order valence-corrected chi connectivity index (χ1v) is 8.27. The Morgan fingerprint density at radius 1 is 1.33 bits per heavy atom. The molecule has 1 aliphatic heterocycles. The lowest BCUT2D eigenvalue weighted by atomic mass is 9.95. The van der Waals surface area contributed by atoms with Crippen LogP contribution in [0.3, 0.4) is 0 Å². The van der Waals surface area contributed by atoms with Crippen LogP contribution in [0.2, 0.25) is 0 Å². The van der Waals surface area contributed by atoms with Crippen LogP contribution < -0.4 is 5.32 Å². The molecule has 0 unspecified atom stereocenters. The molecule has 1 rings (SSSR count). The maximum absolute atomic E-state index is 12.5. The zero-order valence-corrected chi connectivity index (χ0v) is 15.3. The Labute approximate surface area is 144 Å². The summed E-state index contributed by atoms with van der Waals surface area (Å²) in [6.45, 7) is 8.74. The number of aliphatic hydroxyl groups is 2. The fraction of sp³-hybridized carbons (Fsp3) is 0.765. The Balaban J connectivity index is 2.66. The Morgan fingerprint density at radius 3 is 2.38 bits per heavy atom. The van der Waals surface area contributed by atoms with Crippen LogP contribution in [0.25, 0.3) is 0 Å². The number of amides is 1. The summed E-state index contributed by atoms with van der Waals surface area (Å²) in [6, 6.07) is 0. The average Bonchev–Trinajstić information content (AvgIpc) is 2.46. The normalized spacial score (nSPS) is 17.9. The molecule has 7 nitrogen and oxygen atoms in total. The number of ether oxygens (including phenoxy) is 1. The van der Waals surface area contributed by atoms with Crippen LogP contribution in [0.4, 0.5) is 0 Å².